The van der Waals surface area contributed by atoms with E-state index in [2.05, 4.69) is 35.0 Å². The molecule has 0 spiro atoms. The molecule has 4 heteroatoms. The normalized spacial score (nSPS) is 21.4. The maximum atomic E-state index is 8.91. The van der Waals surface area contributed by atoms with Crippen LogP contribution < -0.4 is 4.90 Å². The van der Waals surface area contributed by atoms with Crippen molar-refractivity contribution in [3.63, 3.8) is 0 Å². The van der Waals surface area contributed by atoms with Crippen molar-refractivity contribution in [2.24, 2.45) is 0 Å². The second-order valence-electron chi connectivity index (χ2n) is 4.77. The number of likely N-dealkylation sites (N-methyl/N-ethyl adjacent to an activating group) is 1. The lowest BCUT2D eigenvalue weighted by molar-refractivity contribution is 0.264. The first-order chi connectivity index (χ1) is 8.70. The van der Waals surface area contributed by atoms with Gasteiger partial charge in [0.2, 0.25) is 0 Å². The Kier molecular flexibility index (Phi) is 4.46. The highest BCUT2D eigenvalue weighted by atomic mass is 35.5. The molecule has 18 heavy (non-hydrogen) atoms. The van der Waals surface area contributed by atoms with Crippen molar-refractivity contribution in [2.45, 2.75) is 18.9 Å². The summed E-state index contributed by atoms with van der Waals surface area (Å²) in [5, 5.41) is 9.67. The summed E-state index contributed by atoms with van der Waals surface area (Å²) in [4.78, 5) is 4.64. The fourth-order valence-electron chi connectivity index (χ4n) is 2.39. The number of benzene rings is 1. The van der Waals surface area contributed by atoms with Crippen molar-refractivity contribution in [2.75, 3.05) is 31.6 Å². The van der Waals surface area contributed by atoms with Crippen LogP contribution in [0.1, 0.15) is 12.8 Å². The van der Waals surface area contributed by atoms with E-state index < -0.39 is 0 Å². The predicted octanol–water partition coefficient (Wildman–Crippen LogP) is 2.76. The summed E-state index contributed by atoms with van der Waals surface area (Å²) in [7, 11) is 2.10. The third-order valence-corrected chi connectivity index (χ3v) is 3.76. The highest BCUT2D eigenvalue weighted by Gasteiger charge is 2.22. The SMILES string of the molecule is CN1CCCN(c2ccc(Cl)cc2)CC1CC#N. The maximum Gasteiger partial charge on any atom is 0.0638 e. The summed E-state index contributed by atoms with van der Waals surface area (Å²) in [6, 6.07) is 10.5. The van der Waals surface area contributed by atoms with Gasteiger partial charge in [-0.1, -0.05) is 11.6 Å². The summed E-state index contributed by atoms with van der Waals surface area (Å²) in [5.41, 5.74) is 1.19. The Labute approximate surface area is 114 Å². The van der Waals surface area contributed by atoms with Crippen LogP contribution in [0.2, 0.25) is 5.02 Å². The molecule has 0 N–H and O–H groups in total. The fraction of sp³-hybridized carbons (Fsp3) is 0.500. The molecule has 1 aliphatic heterocycles. The van der Waals surface area contributed by atoms with Crippen LogP contribution in [0.3, 0.4) is 0 Å². The molecular weight excluding hydrogens is 246 g/mol. The molecule has 1 saturated heterocycles. The monoisotopic (exact) mass is 263 g/mol. The number of nitrogens with zero attached hydrogens (tertiary/aromatic N) is 3. The number of anilines is 1. The van der Waals surface area contributed by atoms with E-state index in [0.29, 0.717) is 12.5 Å². The molecule has 2 rings (SSSR count). The number of nitriles is 1. The zero-order valence-corrected chi connectivity index (χ0v) is 11.4. The van der Waals surface area contributed by atoms with Gasteiger partial charge in [-0.05, 0) is 44.3 Å². The highest BCUT2D eigenvalue weighted by Crippen LogP contribution is 2.21. The molecule has 0 saturated carbocycles. The van der Waals surface area contributed by atoms with E-state index in [1.807, 2.05) is 12.1 Å². The fourth-order valence-corrected chi connectivity index (χ4v) is 2.52. The van der Waals surface area contributed by atoms with Crippen LogP contribution in [0.25, 0.3) is 0 Å². The molecule has 1 unspecified atom stereocenters. The Balaban J connectivity index is 2.13. The Morgan fingerprint density at radius 1 is 1.33 bits per heavy atom. The van der Waals surface area contributed by atoms with Crippen molar-refractivity contribution in [3.05, 3.63) is 29.3 Å². The molecule has 0 bridgehead atoms. The van der Waals surface area contributed by atoms with Gasteiger partial charge < -0.3 is 9.80 Å². The van der Waals surface area contributed by atoms with Crippen LogP contribution >= 0.6 is 11.6 Å². The van der Waals surface area contributed by atoms with E-state index >= 15 is 0 Å². The topological polar surface area (TPSA) is 30.3 Å². The second kappa shape index (κ2) is 6.08. The first-order valence-electron chi connectivity index (χ1n) is 6.28. The van der Waals surface area contributed by atoms with Gasteiger partial charge >= 0.3 is 0 Å². The molecule has 1 atom stereocenters. The summed E-state index contributed by atoms with van der Waals surface area (Å²) in [5.74, 6) is 0. The van der Waals surface area contributed by atoms with Crippen molar-refractivity contribution in [3.8, 4) is 6.07 Å². The van der Waals surface area contributed by atoms with Gasteiger partial charge in [0, 0.05) is 29.8 Å². The average Bonchev–Trinajstić information content (AvgIpc) is 2.54. The third-order valence-electron chi connectivity index (χ3n) is 3.51. The van der Waals surface area contributed by atoms with E-state index in [-0.39, 0.29) is 0 Å². The molecule has 1 aromatic rings. The highest BCUT2D eigenvalue weighted by molar-refractivity contribution is 6.30. The number of rotatable bonds is 2. The molecule has 1 fully saturated rings. The second-order valence-corrected chi connectivity index (χ2v) is 5.21. The lowest BCUT2D eigenvalue weighted by Gasteiger charge is -2.28. The Morgan fingerprint density at radius 3 is 2.72 bits per heavy atom. The van der Waals surface area contributed by atoms with Crippen LogP contribution in [0.5, 0.6) is 0 Å². The van der Waals surface area contributed by atoms with Crippen molar-refractivity contribution in [1.29, 1.82) is 5.26 Å². The van der Waals surface area contributed by atoms with Gasteiger partial charge in [0.25, 0.3) is 0 Å². The zero-order chi connectivity index (χ0) is 13.0. The van der Waals surface area contributed by atoms with Crippen LogP contribution in [-0.4, -0.2) is 37.6 Å². The Bertz CT molecular complexity index is 424. The molecule has 3 nitrogen and oxygen atoms in total. The van der Waals surface area contributed by atoms with Crippen molar-refractivity contribution >= 4 is 17.3 Å². The average molecular weight is 264 g/mol. The largest absolute Gasteiger partial charge is 0.370 e. The summed E-state index contributed by atoms with van der Waals surface area (Å²) >= 11 is 5.91. The van der Waals surface area contributed by atoms with E-state index in [1.165, 1.54) is 5.69 Å². The zero-order valence-electron chi connectivity index (χ0n) is 10.6. The summed E-state index contributed by atoms with van der Waals surface area (Å²) in [6.07, 6.45) is 1.71. The minimum atomic E-state index is 0.313. The molecule has 1 aromatic carbocycles. The molecule has 1 heterocycles. The molecule has 96 valence electrons. The van der Waals surface area contributed by atoms with Crippen LogP contribution in [0, 0.1) is 11.3 Å². The van der Waals surface area contributed by atoms with Gasteiger partial charge in [-0.25, -0.2) is 0 Å². The quantitative estimate of drug-likeness (QED) is 0.822. The first-order valence-corrected chi connectivity index (χ1v) is 6.66. The number of hydrogen-bond acceptors (Lipinski definition) is 3. The molecule has 0 radical (unpaired) electrons. The van der Waals surface area contributed by atoms with E-state index in [4.69, 9.17) is 16.9 Å². The molecule has 0 amide bonds. The van der Waals surface area contributed by atoms with Crippen molar-refractivity contribution < 1.29 is 0 Å². The number of halogens is 1. The van der Waals surface area contributed by atoms with Crippen LogP contribution in [0.4, 0.5) is 5.69 Å². The van der Waals surface area contributed by atoms with Crippen LogP contribution in [-0.2, 0) is 0 Å². The van der Waals surface area contributed by atoms with Gasteiger partial charge in [-0.3, -0.25) is 0 Å². The minimum absolute atomic E-state index is 0.313. The predicted molar refractivity (Wildman–Crippen MR) is 74.9 cm³/mol. The van der Waals surface area contributed by atoms with Crippen molar-refractivity contribution in [1.82, 2.24) is 4.90 Å². The first kappa shape index (κ1) is 13.2. The van der Waals surface area contributed by atoms with Gasteiger partial charge in [0.05, 0.1) is 12.5 Å². The molecular formula is C14H18ClN3. The smallest absolute Gasteiger partial charge is 0.0638 e. The lowest BCUT2D eigenvalue weighted by Crippen LogP contribution is -2.38. The lowest BCUT2D eigenvalue weighted by atomic mass is 10.2. The van der Waals surface area contributed by atoms with E-state index in [1.54, 1.807) is 0 Å². The van der Waals surface area contributed by atoms with Gasteiger partial charge in [0.1, 0.15) is 0 Å². The van der Waals surface area contributed by atoms with E-state index in [0.717, 1.165) is 31.1 Å². The summed E-state index contributed by atoms with van der Waals surface area (Å²) in [6.45, 7) is 3.00. The minimum Gasteiger partial charge on any atom is -0.370 e. The molecule has 0 aromatic heterocycles. The molecule has 0 aliphatic carbocycles. The third kappa shape index (κ3) is 3.16. The number of hydrogen-bond donors (Lipinski definition) is 0. The van der Waals surface area contributed by atoms with Gasteiger partial charge in [-0.15, -0.1) is 0 Å². The van der Waals surface area contributed by atoms with Gasteiger partial charge in [-0.2, -0.15) is 5.26 Å². The summed E-state index contributed by atoms with van der Waals surface area (Å²) < 4.78 is 0. The van der Waals surface area contributed by atoms with Gasteiger partial charge in [0.15, 0.2) is 0 Å². The maximum absolute atomic E-state index is 8.91. The molecule has 1 aliphatic rings. The Hall–Kier alpha value is -1.24. The van der Waals surface area contributed by atoms with Crippen LogP contribution in [0.15, 0.2) is 24.3 Å². The Morgan fingerprint density at radius 2 is 2.06 bits per heavy atom. The van der Waals surface area contributed by atoms with E-state index in [9.17, 15) is 0 Å². The standard InChI is InChI=1S/C14H18ClN3/c1-17-9-2-10-18(11-14(17)7-8-16)13-5-3-12(15)4-6-13/h3-6,14H,2,7,9-11H2,1H3.